The van der Waals surface area contributed by atoms with Gasteiger partial charge in [0.05, 0.1) is 85.5 Å². The van der Waals surface area contributed by atoms with Crippen molar-refractivity contribution in [2.24, 2.45) is 4.99 Å². The highest BCUT2D eigenvalue weighted by atomic mass is 79.9. The summed E-state index contributed by atoms with van der Waals surface area (Å²) in [6, 6.07) is 38.4. The molecule has 1 aliphatic heterocycles. The molecule has 0 spiro atoms. The Morgan fingerprint density at radius 1 is 0.484 bits per heavy atom. The Labute approximate surface area is 554 Å². The normalized spacial score (nSPS) is 10.7. The predicted molar refractivity (Wildman–Crippen MR) is 360 cm³/mol. The first-order chi connectivity index (χ1) is 45.7. The van der Waals surface area contributed by atoms with Crippen LogP contribution < -0.4 is 0 Å². The number of methoxy groups -OCH3 is 2. The monoisotopic (exact) mass is 1330 g/mol. The summed E-state index contributed by atoms with van der Waals surface area (Å²) in [6.45, 7) is 0.777. The Morgan fingerprint density at radius 3 is 1.22 bits per heavy atom. The molecular weight excluding hydrogens is 1280 g/mol. The number of nitrogens with zero attached hydrogens (tertiary/aromatic N) is 9. The number of ether oxygens (including phenoxy) is 2. The minimum Gasteiger partial charge on any atom is -0.478 e. The van der Waals surface area contributed by atoms with Crippen LogP contribution in [0, 0.1) is 53.0 Å². The number of hydrogen-bond acceptors (Lipinski definition) is 11. The topological polar surface area (TPSA) is 191 Å². The van der Waals surface area contributed by atoms with Gasteiger partial charge in [0.15, 0.2) is 5.78 Å². The van der Waals surface area contributed by atoms with Crippen LogP contribution in [0.3, 0.4) is 0 Å². The molecule has 20 heteroatoms. The third kappa shape index (κ3) is 19.7. The van der Waals surface area contributed by atoms with Gasteiger partial charge in [-0.15, -0.1) is 0 Å². The number of Topliss-reactive ketones (excluding diaryl/α,β-unsaturated/α-hetero) is 1. The van der Waals surface area contributed by atoms with Gasteiger partial charge in [-0.1, -0.05) is 49.0 Å². The lowest BCUT2D eigenvalue weighted by molar-refractivity contribution is 0.0592. The third-order valence-electron chi connectivity index (χ3n) is 13.9. The summed E-state index contributed by atoms with van der Waals surface area (Å²) in [5.41, 5.74) is 10.2. The molecule has 0 aliphatic carbocycles. The number of carboxylic acid groups (broad SMARTS) is 1. The van der Waals surface area contributed by atoms with Crippen LogP contribution in [0.25, 0.3) is 22.7 Å². The zero-order valence-corrected chi connectivity index (χ0v) is 52.0. The number of aliphatic imine (C=N–C) groups is 1. The number of carbonyl (C=O) groups excluding carboxylic acids is 3. The fraction of sp³-hybridized carbons (Fsp3) is 0.107. The van der Waals surface area contributed by atoms with E-state index in [2.05, 4.69) is 87.2 Å². The maximum Gasteiger partial charge on any atom is 0.337 e. The van der Waals surface area contributed by atoms with E-state index in [0.29, 0.717) is 50.9 Å². The molecule has 0 radical (unpaired) electrons. The number of ketones is 1. The van der Waals surface area contributed by atoms with Gasteiger partial charge in [-0.05, 0) is 186 Å². The standard InChI is InChI=1S/C26H22FN3O.C19H13FN2O2.C18H11FN2O2.C11H9BrN2O2.CH4/c27-24-10-6-20(7-11-24)5-8-22-17-23(9-12-25(22)30-16-15-29-19-30)26(31)4-2-1-3-21-13-14-28-18-21;1-24-19(23)16-6-9-18(22-11-10-21-13-22)15(12-16)5-2-14-3-7-17(20)8-4-14;19-16-6-2-13(3-7-16)1-4-14-11-15(18(22)23)5-8-17(14)21-10-9-20-12-21;1-16-11(15)8-2-3-10(9(12)6-8)14-5-4-13-7-14;/h6-7,9-13,15-19H,1-4,14H2;3-4,6-13H,1H3;2-3,5-12H,(H,22,23);2-7H,1H3;1H4. The fourth-order valence-corrected chi connectivity index (χ4v) is 9.62. The number of carboxylic acids is 1. The maximum absolute atomic E-state index is 13.2. The molecule has 0 amide bonds. The number of hydrogen-bond donors (Lipinski definition) is 1. The zero-order chi connectivity index (χ0) is 66.2. The van der Waals surface area contributed by atoms with Crippen LogP contribution in [0.5, 0.6) is 0 Å². The summed E-state index contributed by atoms with van der Waals surface area (Å²) in [4.78, 5) is 67.2. The van der Waals surface area contributed by atoms with Gasteiger partial charge < -0.3 is 32.8 Å². The highest BCUT2D eigenvalue weighted by molar-refractivity contribution is 9.10. The SMILES string of the molecule is C.COC(=O)c1ccc(-n2ccnc2)c(Br)c1.COC(=O)c1ccc(-n2ccnc2)c(C#Cc2ccc(F)cc2)c1.O=C(CCCCC1=CCN=C1)c1ccc(-n2ccnc2)c(C#Cc2ccc(F)cc2)c1.O=C(O)c1ccc(-n2ccnc2)c(C#Cc2ccc(F)cc2)c1. The van der Waals surface area contributed by atoms with Crippen LogP contribution in [-0.2, 0) is 9.47 Å². The number of rotatable bonds is 13. The lowest BCUT2D eigenvalue weighted by Crippen LogP contribution is -2.03. The molecule has 11 aromatic rings. The van der Waals surface area contributed by atoms with E-state index in [1.807, 2.05) is 52.0 Å². The van der Waals surface area contributed by atoms with Gasteiger partial charge in [0, 0.05) is 106 Å². The molecule has 1 N–H and O–H groups in total. The molecule has 0 saturated heterocycles. The third-order valence-corrected chi connectivity index (χ3v) is 14.5. The Hall–Kier alpha value is -12.2. The summed E-state index contributed by atoms with van der Waals surface area (Å²) in [7, 11) is 2.69. The van der Waals surface area contributed by atoms with Crippen LogP contribution in [-0.4, -0.2) is 94.0 Å². The highest BCUT2D eigenvalue weighted by Gasteiger charge is 2.14. The quantitative estimate of drug-likeness (QED) is 0.0500. The highest BCUT2D eigenvalue weighted by Crippen LogP contribution is 2.24. The maximum atomic E-state index is 13.2. The molecule has 0 unspecified atom stereocenters. The molecule has 95 heavy (non-hydrogen) atoms. The van der Waals surface area contributed by atoms with E-state index >= 15 is 0 Å². The van der Waals surface area contributed by atoms with E-state index in [0.717, 1.165) is 58.6 Å². The van der Waals surface area contributed by atoms with Crippen molar-refractivity contribution in [2.75, 3.05) is 20.8 Å². The summed E-state index contributed by atoms with van der Waals surface area (Å²) in [6.07, 6.45) is 27.8. The second kappa shape index (κ2) is 34.3. The van der Waals surface area contributed by atoms with Gasteiger partial charge in [0.25, 0.3) is 0 Å². The molecule has 0 saturated carbocycles. The number of aromatic carboxylic acids is 1. The molecule has 16 nitrogen and oxygen atoms in total. The summed E-state index contributed by atoms with van der Waals surface area (Å²) >= 11 is 3.41. The summed E-state index contributed by atoms with van der Waals surface area (Å²) in [5, 5.41) is 9.14. The Balaban J connectivity index is 0.000000165. The van der Waals surface area contributed by atoms with E-state index in [-0.39, 0.29) is 42.2 Å². The lowest BCUT2D eigenvalue weighted by atomic mass is 10.00. The number of imidazole rings is 4. The van der Waals surface area contributed by atoms with Gasteiger partial charge in [0.1, 0.15) is 17.5 Å². The first kappa shape index (κ1) is 68.7. The van der Waals surface area contributed by atoms with Crippen molar-refractivity contribution < 1.29 is 46.9 Å². The molecule has 5 heterocycles. The van der Waals surface area contributed by atoms with Gasteiger partial charge in [-0.2, -0.15) is 0 Å². The Bertz CT molecular complexity index is 4690. The zero-order valence-electron chi connectivity index (χ0n) is 50.4. The smallest absolute Gasteiger partial charge is 0.337 e. The van der Waals surface area contributed by atoms with Crippen molar-refractivity contribution in [1.82, 2.24) is 38.2 Å². The fourth-order valence-electron chi connectivity index (χ4n) is 9.04. The van der Waals surface area contributed by atoms with E-state index in [9.17, 15) is 32.3 Å². The lowest BCUT2D eigenvalue weighted by Gasteiger charge is -2.08. The first-order valence-corrected chi connectivity index (χ1v) is 29.6. The molecule has 4 aromatic heterocycles. The average molecular weight is 1340 g/mol. The molecule has 0 atom stereocenters. The second-order valence-corrected chi connectivity index (χ2v) is 21.1. The van der Waals surface area contributed by atoms with Crippen LogP contribution in [0.2, 0.25) is 0 Å². The van der Waals surface area contributed by atoms with Crippen molar-refractivity contribution in [3.05, 3.63) is 310 Å². The molecule has 0 bridgehead atoms. The van der Waals surface area contributed by atoms with Gasteiger partial charge in [-0.3, -0.25) is 9.79 Å². The van der Waals surface area contributed by atoms with Crippen LogP contribution >= 0.6 is 15.9 Å². The number of halogens is 4. The molecule has 7 aromatic carbocycles. The Morgan fingerprint density at radius 2 is 0.853 bits per heavy atom. The summed E-state index contributed by atoms with van der Waals surface area (Å²) < 4.78 is 56.5. The largest absolute Gasteiger partial charge is 0.478 e. The first-order valence-electron chi connectivity index (χ1n) is 28.8. The van der Waals surface area contributed by atoms with Crippen molar-refractivity contribution in [2.45, 2.75) is 33.1 Å². The van der Waals surface area contributed by atoms with Gasteiger partial charge in [-0.25, -0.2) is 47.5 Å². The minimum absolute atomic E-state index is 0. The number of esters is 2. The second-order valence-electron chi connectivity index (χ2n) is 20.2. The van der Waals surface area contributed by atoms with Gasteiger partial charge in [0.2, 0.25) is 0 Å². The number of allylic oxidation sites excluding steroid dienone is 1. The van der Waals surface area contributed by atoms with Crippen molar-refractivity contribution >= 4 is 45.8 Å². The molecule has 0 fully saturated rings. The van der Waals surface area contributed by atoms with Crippen LogP contribution in [0.1, 0.15) is 108 Å². The summed E-state index contributed by atoms with van der Waals surface area (Å²) in [5.74, 6) is 15.4. The number of unbranched alkanes of at least 4 members (excludes halogenated alkanes) is 1. The molecule has 12 rings (SSSR count). The number of benzene rings is 7. The number of aromatic nitrogens is 8. The van der Waals surface area contributed by atoms with Crippen molar-refractivity contribution in [3.8, 4) is 58.3 Å². The van der Waals surface area contributed by atoms with E-state index in [1.54, 1.807) is 144 Å². The Kier molecular flexibility index (Phi) is 24.8. The minimum atomic E-state index is -1.02. The van der Waals surface area contributed by atoms with E-state index < -0.39 is 11.9 Å². The molecule has 474 valence electrons. The van der Waals surface area contributed by atoms with Crippen LogP contribution in [0.15, 0.2) is 242 Å². The predicted octanol–water partition coefficient (Wildman–Crippen LogP) is 14.5. The van der Waals surface area contributed by atoms with Crippen LogP contribution in [0.4, 0.5) is 13.2 Å². The number of carbonyl (C=O) groups is 4. The van der Waals surface area contributed by atoms with E-state index in [1.165, 1.54) is 68.3 Å². The van der Waals surface area contributed by atoms with Gasteiger partial charge >= 0.3 is 17.9 Å². The van der Waals surface area contributed by atoms with E-state index in [4.69, 9.17) is 9.84 Å². The van der Waals surface area contributed by atoms with Crippen molar-refractivity contribution in [3.63, 3.8) is 0 Å². The van der Waals surface area contributed by atoms with Crippen molar-refractivity contribution in [1.29, 1.82) is 0 Å². The average Bonchev–Trinajstić information content (AvgIpc) is 1.95. The molecular formula is C75H59BrF3N9O7. The molecule has 1 aliphatic rings.